The zero-order chi connectivity index (χ0) is 23.2. The van der Waals surface area contributed by atoms with Crippen molar-refractivity contribution in [1.29, 1.82) is 0 Å². The fourth-order valence-electron chi connectivity index (χ4n) is 4.06. The molecule has 0 radical (unpaired) electrons. The van der Waals surface area contributed by atoms with Crippen LogP contribution in [0.5, 0.6) is 0 Å². The normalized spacial score (nSPS) is 23.2. The summed E-state index contributed by atoms with van der Waals surface area (Å²) in [4.78, 5) is 38.6. The van der Waals surface area contributed by atoms with E-state index in [4.69, 9.17) is 4.74 Å². The Morgan fingerprint density at radius 3 is 2.45 bits per heavy atom. The first-order chi connectivity index (χ1) is 14.5. The smallest absolute Gasteiger partial charge is 0.410 e. The van der Waals surface area contributed by atoms with E-state index in [1.807, 2.05) is 13.8 Å². The Bertz CT molecular complexity index is 637. The molecule has 0 unspecified atom stereocenters. The van der Waals surface area contributed by atoms with Crippen molar-refractivity contribution in [3.8, 4) is 0 Å². The van der Waals surface area contributed by atoms with Crippen LogP contribution >= 0.6 is 0 Å². The van der Waals surface area contributed by atoms with Crippen molar-refractivity contribution in [2.24, 2.45) is 11.8 Å². The third kappa shape index (κ3) is 7.59. The van der Waals surface area contributed by atoms with Crippen molar-refractivity contribution >= 4 is 17.9 Å². The highest BCUT2D eigenvalue weighted by molar-refractivity contribution is 5.86. The maximum atomic E-state index is 13.3. The highest BCUT2D eigenvalue weighted by atomic mass is 19.3. The van der Waals surface area contributed by atoms with Gasteiger partial charge < -0.3 is 20.5 Å². The standard InChI is InChI=1S/C21H35F2N3O5/c1-13(2)10-17(19(29)25-15(12-27)11-14-6-9-24-18(14)28)26(3)20(30)31-16-4-7-21(22,23)8-5-16/h13-17,27H,4-12H2,1-3H3,(H,24,28)(H,25,29)/t14-,15-,17-/m0/s1. The summed E-state index contributed by atoms with van der Waals surface area (Å²) in [5, 5.41) is 15.2. The largest absolute Gasteiger partial charge is 0.446 e. The number of hydrogen-bond acceptors (Lipinski definition) is 5. The number of hydrogen-bond donors (Lipinski definition) is 3. The minimum absolute atomic E-state index is 0.0870. The third-order valence-corrected chi connectivity index (χ3v) is 5.98. The van der Waals surface area contributed by atoms with E-state index in [1.165, 1.54) is 11.9 Å². The second-order valence-corrected chi connectivity index (χ2v) is 9.10. The molecule has 3 N–H and O–H groups in total. The Morgan fingerprint density at radius 2 is 1.94 bits per heavy atom. The van der Waals surface area contributed by atoms with E-state index >= 15 is 0 Å². The van der Waals surface area contributed by atoms with Crippen LogP contribution in [-0.4, -0.2) is 72.2 Å². The number of rotatable bonds is 9. The summed E-state index contributed by atoms with van der Waals surface area (Å²) < 4.78 is 32.0. The molecule has 178 valence electrons. The molecule has 10 heteroatoms. The zero-order valence-electron chi connectivity index (χ0n) is 18.5. The Balaban J connectivity index is 1.97. The fraction of sp³-hybridized carbons (Fsp3) is 0.857. The van der Waals surface area contributed by atoms with Crippen molar-refractivity contribution in [1.82, 2.24) is 15.5 Å². The number of nitrogens with one attached hydrogen (secondary N) is 2. The van der Waals surface area contributed by atoms with Crippen LogP contribution in [0.1, 0.15) is 58.8 Å². The second-order valence-electron chi connectivity index (χ2n) is 9.10. The molecule has 0 aromatic rings. The summed E-state index contributed by atoms with van der Waals surface area (Å²) in [6.07, 6.45) is -0.472. The molecule has 2 fully saturated rings. The molecule has 2 rings (SSSR count). The van der Waals surface area contributed by atoms with Gasteiger partial charge in [-0.2, -0.15) is 0 Å². The summed E-state index contributed by atoms with van der Waals surface area (Å²) in [7, 11) is 1.45. The van der Waals surface area contributed by atoms with E-state index < -0.39 is 36.1 Å². The van der Waals surface area contributed by atoms with Gasteiger partial charge in [0.05, 0.1) is 12.6 Å². The molecule has 3 amide bonds. The Kier molecular flexibility index (Phi) is 9.02. The van der Waals surface area contributed by atoms with E-state index in [1.54, 1.807) is 0 Å². The molecule has 0 bridgehead atoms. The quantitative estimate of drug-likeness (QED) is 0.501. The summed E-state index contributed by atoms with van der Waals surface area (Å²) in [6, 6.07) is -1.45. The lowest BCUT2D eigenvalue weighted by atomic mass is 9.94. The van der Waals surface area contributed by atoms with E-state index in [0.717, 1.165) is 0 Å². The molecule has 1 aliphatic carbocycles. The highest BCUT2D eigenvalue weighted by Crippen LogP contribution is 2.34. The summed E-state index contributed by atoms with van der Waals surface area (Å²) >= 11 is 0. The van der Waals surface area contributed by atoms with Crippen LogP contribution in [0, 0.1) is 11.8 Å². The molecule has 31 heavy (non-hydrogen) atoms. The third-order valence-electron chi connectivity index (χ3n) is 5.98. The number of carbonyl (C=O) groups is 3. The number of aliphatic hydroxyl groups is 1. The average molecular weight is 448 g/mol. The molecule has 1 saturated carbocycles. The SMILES string of the molecule is CC(C)C[C@@H](C(=O)N[C@H](CO)C[C@@H]1CCNC1=O)N(C)C(=O)OC1CCC(F)(F)CC1. The lowest BCUT2D eigenvalue weighted by molar-refractivity contribution is -0.128. The van der Waals surface area contributed by atoms with Gasteiger partial charge in [0.2, 0.25) is 17.7 Å². The van der Waals surface area contributed by atoms with Crippen LogP contribution in [-0.2, 0) is 14.3 Å². The molecular formula is C21H35F2N3O5. The molecule has 2 aliphatic rings. The number of likely N-dealkylation sites (N-methyl/N-ethyl adjacent to an activating group) is 1. The zero-order valence-corrected chi connectivity index (χ0v) is 18.5. The van der Waals surface area contributed by atoms with Gasteiger partial charge in [-0.05, 0) is 38.0 Å². The van der Waals surface area contributed by atoms with Gasteiger partial charge in [-0.25, -0.2) is 13.6 Å². The van der Waals surface area contributed by atoms with Crippen molar-refractivity contribution in [3.05, 3.63) is 0 Å². The van der Waals surface area contributed by atoms with Gasteiger partial charge in [0.1, 0.15) is 12.1 Å². The first-order valence-corrected chi connectivity index (χ1v) is 11.0. The number of amides is 3. The Morgan fingerprint density at radius 1 is 1.29 bits per heavy atom. The van der Waals surface area contributed by atoms with Crippen LogP contribution in [0.2, 0.25) is 0 Å². The molecule has 1 heterocycles. The highest BCUT2D eigenvalue weighted by Gasteiger charge is 2.38. The number of carbonyl (C=O) groups excluding carboxylic acids is 3. The monoisotopic (exact) mass is 447 g/mol. The van der Waals surface area contributed by atoms with Crippen LogP contribution in [0.3, 0.4) is 0 Å². The van der Waals surface area contributed by atoms with E-state index in [9.17, 15) is 28.3 Å². The summed E-state index contributed by atoms with van der Waals surface area (Å²) in [6.45, 7) is 4.08. The van der Waals surface area contributed by atoms with Gasteiger partial charge in [-0.1, -0.05) is 13.8 Å². The number of ether oxygens (including phenoxy) is 1. The van der Waals surface area contributed by atoms with Crippen LogP contribution in [0.25, 0.3) is 0 Å². The van der Waals surface area contributed by atoms with Gasteiger partial charge in [0.15, 0.2) is 0 Å². The van der Waals surface area contributed by atoms with Gasteiger partial charge in [0, 0.05) is 32.4 Å². The van der Waals surface area contributed by atoms with Gasteiger partial charge in [-0.15, -0.1) is 0 Å². The summed E-state index contributed by atoms with van der Waals surface area (Å²) in [5.74, 6) is -3.43. The number of nitrogens with zero attached hydrogens (tertiary/aromatic N) is 1. The summed E-state index contributed by atoms with van der Waals surface area (Å²) in [5.41, 5.74) is 0. The maximum absolute atomic E-state index is 13.3. The molecule has 8 nitrogen and oxygen atoms in total. The molecule has 1 aliphatic heterocycles. The molecule has 0 aromatic carbocycles. The molecule has 3 atom stereocenters. The number of aliphatic hydroxyl groups excluding tert-OH is 1. The first-order valence-electron chi connectivity index (χ1n) is 11.0. The Hall–Kier alpha value is -1.97. The van der Waals surface area contributed by atoms with Crippen LogP contribution in [0.15, 0.2) is 0 Å². The minimum Gasteiger partial charge on any atom is -0.446 e. The van der Waals surface area contributed by atoms with Crippen LogP contribution in [0.4, 0.5) is 13.6 Å². The lowest BCUT2D eigenvalue weighted by Crippen LogP contribution is -2.52. The average Bonchev–Trinajstić information content (AvgIpc) is 3.10. The minimum atomic E-state index is -2.72. The molecule has 0 spiro atoms. The predicted octanol–water partition coefficient (Wildman–Crippen LogP) is 2.05. The molecule has 0 aromatic heterocycles. The number of halogens is 2. The van der Waals surface area contributed by atoms with Gasteiger partial charge >= 0.3 is 6.09 Å². The van der Waals surface area contributed by atoms with Crippen molar-refractivity contribution in [2.45, 2.75) is 82.9 Å². The van der Waals surface area contributed by atoms with E-state index in [2.05, 4.69) is 10.6 Å². The lowest BCUT2D eigenvalue weighted by Gasteiger charge is -2.33. The van der Waals surface area contributed by atoms with E-state index in [0.29, 0.717) is 25.8 Å². The van der Waals surface area contributed by atoms with Crippen LogP contribution < -0.4 is 10.6 Å². The van der Waals surface area contributed by atoms with Gasteiger partial charge in [-0.3, -0.25) is 14.5 Å². The van der Waals surface area contributed by atoms with Crippen molar-refractivity contribution in [2.75, 3.05) is 20.2 Å². The van der Waals surface area contributed by atoms with E-state index in [-0.39, 0.29) is 50.0 Å². The van der Waals surface area contributed by atoms with Gasteiger partial charge in [0.25, 0.3) is 0 Å². The molecule has 1 saturated heterocycles. The Labute approximate surface area is 182 Å². The second kappa shape index (κ2) is 11.1. The van der Waals surface area contributed by atoms with Crippen molar-refractivity contribution < 1.29 is 33.0 Å². The topological polar surface area (TPSA) is 108 Å². The predicted molar refractivity (Wildman–Crippen MR) is 109 cm³/mol. The first kappa shape index (κ1) is 25.3. The fourth-order valence-corrected chi connectivity index (χ4v) is 4.06. The van der Waals surface area contributed by atoms with Crippen molar-refractivity contribution in [3.63, 3.8) is 0 Å². The maximum Gasteiger partial charge on any atom is 0.410 e. The molecular weight excluding hydrogens is 412 g/mol. The number of alkyl halides is 2.